The molecular weight excluding hydrogens is 2070 g/mol. The summed E-state index contributed by atoms with van der Waals surface area (Å²) in [6.07, 6.45) is 11.8. The second kappa shape index (κ2) is 58.6. The topological polar surface area (TPSA) is 271 Å². The van der Waals surface area contributed by atoms with Crippen molar-refractivity contribution in [1.29, 1.82) is 0 Å². The van der Waals surface area contributed by atoms with E-state index in [0.717, 1.165) is 222 Å². The van der Waals surface area contributed by atoms with Crippen molar-refractivity contribution in [2.24, 2.45) is 5.92 Å². The lowest BCUT2D eigenvalue weighted by atomic mass is 9.94. The molecule has 0 radical (unpaired) electrons. The smallest absolute Gasteiger partial charge is 0.416 e. The number of anilines is 6. The van der Waals surface area contributed by atoms with Gasteiger partial charge in [-0.25, -0.2) is 0 Å². The number of thiophene rings is 3. The van der Waals surface area contributed by atoms with Crippen LogP contribution in [0.15, 0.2) is 204 Å². The Morgan fingerprint density at radius 1 is 0.313 bits per heavy atom. The van der Waals surface area contributed by atoms with E-state index in [-0.39, 0.29) is 106 Å². The largest absolute Gasteiger partial charge is 0.508 e. The summed E-state index contributed by atoms with van der Waals surface area (Å²) < 4.78 is 118. The Hall–Kier alpha value is -10.5. The van der Waals surface area contributed by atoms with Crippen LogP contribution in [0.3, 0.4) is 0 Å². The molecule has 5 fully saturated rings. The van der Waals surface area contributed by atoms with Crippen molar-refractivity contribution < 1.29 is 92.6 Å². The molecule has 5 aliphatic rings. The maximum Gasteiger partial charge on any atom is 0.416 e. The van der Waals surface area contributed by atoms with Gasteiger partial charge in [-0.1, -0.05) is 171 Å². The van der Waals surface area contributed by atoms with Gasteiger partial charge in [-0.3, -0.25) is 72.4 Å². The van der Waals surface area contributed by atoms with Crippen LogP contribution in [0.2, 0.25) is 0 Å². The fourth-order valence-electron chi connectivity index (χ4n) is 18.9. The van der Waals surface area contributed by atoms with E-state index in [1.807, 2.05) is 59.3 Å². The first-order valence-electron chi connectivity index (χ1n) is 49.7. The van der Waals surface area contributed by atoms with Crippen molar-refractivity contribution >= 4 is 185 Å². The molecule has 10 amide bonds. The van der Waals surface area contributed by atoms with Gasteiger partial charge < -0.3 is 36.6 Å². The second-order valence-corrected chi connectivity index (χ2v) is 41.1. The summed E-state index contributed by atoms with van der Waals surface area (Å²) in [4.78, 5) is 141. The molecule has 3 aromatic heterocycles. The molecule has 6 N–H and O–H groups in total. The first-order chi connectivity index (χ1) is 70.4. The number of nitrogens with one attached hydrogen (secondary N) is 5. The van der Waals surface area contributed by atoms with Crippen LogP contribution in [-0.4, -0.2) is 143 Å². The lowest BCUT2D eigenvalue weighted by molar-refractivity contribution is -0.138. The van der Waals surface area contributed by atoms with E-state index in [1.165, 1.54) is 105 Å². The Labute approximate surface area is 889 Å². The van der Waals surface area contributed by atoms with Crippen LogP contribution in [0.5, 0.6) is 5.75 Å². The summed E-state index contributed by atoms with van der Waals surface area (Å²) in [6, 6.07) is 42.3. The number of hydrogen-bond donors (Lipinski definition) is 6. The molecule has 5 saturated carbocycles. The molecular formula is C108H127Cl5F9N11O11S3. The summed E-state index contributed by atoms with van der Waals surface area (Å²) in [6.45, 7) is 9.55. The summed E-state index contributed by atoms with van der Waals surface area (Å²) in [5.41, 5.74) is 0.331. The molecule has 39 heteroatoms. The van der Waals surface area contributed by atoms with Crippen LogP contribution >= 0.6 is 92.0 Å². The summed E-state index contributed by atoms with van der Waals surface area (Å²) in [5.74, 6) is -5.93. The number of benzene rings is 6. The van der Waals surface area contributed by atoms with Crippen molar-refractivity contribution in [3.8, 4) is 5.75 Å². The van der Waals surface area contributed by atoms with E-state index in [9.17, 15) is 92.6 Å². The lowest BCUT2D eigenvalue weighted by Crippen LogP contribution is -2.55. The van der Waals surface area contributed by atoms with E-state index in [2.05, 4.69) is 45.3 Å². The number of amides is 10. The molecule has 5 atom stereocenters. The Morgan fingerprint density at radius 3 is 0.871 bits per heavy atom. The van der Waals surface area contributed by atoms with Crippen molar-refractivity contribution in [3.63, 3.8) is 0 Å². The number of carbonyl (C=O) groups excluding carboxylic acids is 10. The van der Waals surface area contributed by atoms with Gasteiger partial charge in [0, 0.05) is 92.1 Å². The van der Waals surface area contributed by atoms with Gasteiger partial charge >= 0.3 is 18.5 Å². The molecule has 0 aliphatic heterocycles. The van der Waals surface area contributed by atoms with Crippen LogP contribution < -0.4 is 56.0 Å². The molecule has 0 saturated heterocycles. The lowest BCUT2D eigenvalue weighted by Gasteiger charge is -2.35. The molecule has 22 nitrogen and oxygen atoms in total. The van der Waals surface area contributed by atoms with Gasteiger partial charge in [-0.05, 0) is 233 Å². The van der Waals surface area contributed by atoms with Gasteiger partial charge in [0.05, 0.1) is 16.7 Å². The highest BCUT2D eigenvalue weighted by Crippen LogP contribution is 2.42. The standard InChI is InChI=1S/C24H32ClN3O2S.C23H24ClF3N2O2.C21H22ClF3N2O2S.C20H26ClF3N2O2.C20H23ClN2O3S/c1-3-27(4-2)19-12-14-20(15-13-19)28(22(29)17-25)23(21-11-8-16-31-21)24(30)26-18-9-6-5-7-10-18;24-15-20(30)29(19-13-7-10-17(14-19)23(25,26)27)21(16-8-3-1-4-9-16)22(31)28-18-11-5-2-6-12-18;22-13-18(28)27(16-10-8-14(9-11-16)21(23,24)25)19(17-7-4-12-30-17)20(29)26-15-5-2-1-3-6-15;1-13(2)18(19(28)25-15-8-4-3-5-9-15)26(17(27)12-21)16-10-6-7-14(11-16)20(22,23)24;21-13-18(25)23(15-8-10-16(24)11-9-15)19(17-7-4-12-27-17)20(26)22-14-5-2-1-3-6-14/h8,11-16,18,23H,3-7,9-10,17H2,1-2H3,(H,26,30);1,3-4,7-10,13-14,18,21H,2,5-6,11-12,15H2,(H,28,31);4,7-12,15,19H,1-3,5-6,13H2,(H,26,29);6-7,10-11,13,15,18H,3-5,8-9,12H2,1-2H3,(H,25,28);4,7-12,14,19,24H,1-3,5-6,13H2,(H,22,26). The molecule has 0 bridgehead atoms. The van der Waals surface area contributed by atoms with E-state index in [1.54, 1.807) is 78.7 Å². The molecule has 6 aromatic carbocycles. The third kappa shape index (κ3) is 34.5. The van der Waals surface area contributed by atoms with Gasteiger partial charge in [0.25, 0.3) is 0 Å². The zero-order chi connectivity index (χ0) is 106. The summed E-state index contributed by atoms with van der Waals surface area (Å²) in [5, 5.41) is 30.5. The normalized spacial score (nSPS) is 16.0. The summed E-state index contributed by atoms with van der Waals surface area (Å²) in [7, 11) is 0. The average Bonchev–Trinajstić information content (AvgIpc) is 1.10. The van der Waals surface area contributed by atoms with Crippen LogP contribution in [-0.2, 0) is 66.5 Å². The second-order valence-electron chi connectivity index (χ2n) is 36.8. The Morgan fingerprint density at radius 2 is 0.585 bits per heavy atom. The maximum absolute atomic E-state index is 13.5. The van der Waals surface area contributed by atoms with Gasteiger partial charge in [-0.2, -0.15) is 39.5 Å². The number of alkyl halides is 14. The fraction of sp³-hybridized carbons (Fsp3) is 0.463. The van der Waals surface area contributed by atoms with Crippen molar-refractivity contribution in [2.75, 3.05) is 71.9 Å². The molecule has 9 aromatic rings. The van der Waals surface area contributed by atoms with Crippen LogP contribution in [0.4, 0.5) is 73.6 Å². The zero-order valence-electron chi connectivity index (χ0n) is 82.3. The number of phenols is 1. The maximum atomic E-state index is 13.5. The highest BCUT2D eigenvalue weighted by molar-refractivity contribution is 7.10. The van der Waals surface area contributed by atoms with Crippen LogP contribution in [0, 0.1) is 5.92 Å². The van der Waals surface area contributed by atoms with Gasteiger partial charge in [0.1, 0.15) is 65.4 Å². The minimum absolute atomic E-state index is 0.0120. The predicted molar refractivity (Wildman–Crippen MR) is 568 cm³/mol. The predicted octanol–water partition coefficient (Wildman–Crippen LogP) is 25.3. The third-order valence-corrected chi connectivity index (χ3v) is 30.1. The Balaban J connectivity index is 0.000000188. The number of nitrogens with zero attached hydrogens (tertiary/aromatic N) is 6. The minimum Gasteiger partial charge on any atom is -0.508 e. The molecule has 14 rings (SSSR count). The van der Waals surface area contributed by atoms with Gasteiger partial charge in [0.15, 0.2) is 0 Å². The highest BCUT2D eigenvalue weighted by atomic mass is 35.5. The fourth-order valence-corrected chi connectivity index (χ4v) is 22.0. The minimum atomic E-state index is -4.59. The number of phenolic OH excluding ortho intramolecular Hbond substituents is 1. The van der Waals surface area contributed by atoms with Gasteiger partial charge in [-0.15, -0.1) is 92.0 Å². The van der Waals surface area contributed by atoms with Gasteiger partial charge in [0.2, 0.25) is 59.1 Å². The SMILES string of the molecule is CC(C)C(C(=O)NC1CCCCC1)N(C(=O)CCl)c1cccc(C(F)(F)F)c1.CCN(CC)c1ccc(N(C(=O)CCl)C(C(=O)NC2CCCCC2)c2cccs2)cc1.O=C(NC1CCCCC1)C(c1ccccc1)N(C(=O)CCl)c1cccc(C(F)(F)F)c1.O=C(NC1CCCCC1)C(c1cccs1)N(C(=O)CCl)c1ccc(C(F)(F)F)cc1.O=C(NC1CCCCC1)C(c1cccs1)N(C(=O)CCl)c1ccc(O)cc1. The Kier molecular flexibility index (Phi) is 47.2. The quantitative estimate of drug-likeness (QED) is 0.0166. The molecule has 3 heterocycles. The van der Waals surface area contributed by atoms with Crippen molar-refractivity contribution in [1.82, 2.24) is 26.6 Å². The van der Waals surface area contributed by atoms with E-state index >= 15 is 0 Å². The number of aromatic hydroxyl groups is 1. The van der Waals surface area contributed by atoms with Crippen LogP contribution in [0.25, 0.3) is 0 Å². The zero-order valence-corrected chi connectivity index (χ0v) is 88.6. The molecule has 147 heavy (non-hydrogen) atoms. The van der Waals surface area contributed by atoms with E-state index in [0.29, 0.717) is 21.8 Å². The third-order valence-electron chi connectivity index (χ3n) is 26.2. The average molecular weight is 2200 g/mol. The highest BCUT2D eigenvalue weighted by Gasteiger charge is 2.43. The van der Waals surface area contributed by atoms with Crippen molar-refractivity contribution in [3.05, 3.63) is 241 Å². The monoisotopic (exact) mass is 2200 g/mol. The number of halogens is 14. The van der Waals surface area contributed by atoms with E-state index in [4.69, 9.17) is 58.0 Å². The molecule has 796 valence electrons. The Bertz CT molecular complexity index is 5620. The van der Waals surface area contributed by atoms with E-state index < -0.39 is 107 Å². The van der Waals surface area contributed by atoms with Crippen molar-refractivity contribution in [2.45, 2.75) is 267 Å². The van der Waals surface area contributed by atoms with Crippen LogP contribution in [0.1, 0.15) is 249 Å². The molecule has 5 aliphatic carbocycles. The first-order valence-corrected chi connectivity index (χ1v) is 55.0. The molecule has 5 unspecified atom stereocenters. The summed E-state index contributed by atoms with van der Waals surface area (Å²) >= 11 is 33.4. The number of hydrogen-bond acceptors (Lipinski definition) is 15. The first kappa shape index (κ1) is 118. The molecule has 0 spiro atoms. The number of carbonyl (C=O) groups is 10. The number of rotatable bonds is 33.